The first-order chi connectivity index (χ1) is 16.4. The number of likely N-dealkylation sites (tertiary alicyclic amines) is 1. The molecule has 1 saturated heterocycles. The summed E-state index contributed by atoms with van der Waals surface area (Å²) < 4.78 is 20.1. The number of carbonyl (C=O) groups excluding carboxylic acids is 1. The molecule has 4 rings (SSSR count). The van der Waals surface area contributed by atoms with Gasteiger partial charge in [0, 0.05) is 38.1 Å². The van der Waals surface area contributed by atoms with E-state index < -0.39 is 5.82 Å². The number of halogens is 1. The Hall–Kier alpha value is -4.33. The number of nitrogens with zero attached hydrogens (tertiary/aromatic N) is 7. The van der Waals surface area contributed by atoms with Crippen molar-refractivity contribution >= 4 is 18.0 Å². The number of hydrazone groups is 1. The van der Waals surface area contributed by atoms with E-state index in [0.717, 1.165) is 11.8 Å². The van der Waals surface area contributed by atoms with Crippen molar-refractivity contribution in [2.75, 3.05) is 20.1 Å². The molecule has 2 aromatic rings. The Balaban J connectivity index is 1.41. The predicted molar refractivity (Wildman–Crippen MR) is 123 cm³/mol. The monoisotopic (exact) mass is 462 g/mol. The van der Waals surface area contributed by atoms with Gasteiger partial charge in [-0.1, -0.05) is 0 Å². The van der Waals surface area contributed by atoms with E-state index in [1.807, 2.05) is 0 Å². The first kappa shape index (κ1) is 22.8. The van der Waals surface area contributed by atoms with Gasteiger partial charge in [-0.05, 0) is 30.3 Å². The van der Waals surface area contributed by atoms with Crippen LogP contribution in [0.5, 0.6) is 5.75 Å². The Morgan fingerprint density at radius 2 is 2.15 bits per heavy atom. The van der Waals surface area contributed by atoms with Gasteiger partial charge in [0.2, 0.25) is 0 Å². The first-order valence-electron chi connectivity index (χ1n) is 10.6. The molecule has 2 amide bonds. The van der Waals surface area contributed by atoms with E-state index >= 15 is 0 Å². The highest BCUT2D eigenvalue weighted by atomic mass is 19.1. The number of ether oxygens (including phenoxy) is 1. The Bertz CT molecular complexity index is 1230. The van der Waals surface area contributed by atoms with E-state index in [2.05, 4.69) is 26.1 Å². The molecule has 0 unspecified atom stereocenters. The van der Waals surface area contributed by atoms with Crippen molar-refractivity contribution in [3.8, 4) is 11.8 Å². The van der Waals surface area contributed by atoms with Crippen molar-refractivity contribution in [1.82, 2.24) is 19.9 Å². The highest BCUT2D eigenvalue weighted by Gasteiger charge is 2.39. The number of aromatic nitrogens is 2. The quantitative estimate of drug-likeness (QED) is 0.679. The molecule has 0 bridgehead atoms. The second kappa shape index (κ2) is 9.66. The SMILES string of the molecule is CN=C(C(C)=CN)c1cc(OC2CN(C(=O)N3N=CC[C@H]3c3cncc(C#N)c3)C2)c(F)cn1. The van der Waals surface area contributed by atoms with E-state index in [-0.39, 0.29) is 37.0 Å². The maximum atomic E-state index is 14.3. The molecule has 0 saturated carbocycles. The van der Waals surface area contributed by atoms with Gasteiger partial charge in [-0.15, -0.1) is 0 Å². The lowest BCUT2D eigenvalue weighted by Gasteiger charge is -2.41. The highest BCUT2D eigenvalue weighted by molar-refractivity contribution is 6.11. The van der Waals surface area contributed by atoms with Crippen molar-refractivity contribution in [2.45, 2.75) is 25.5 Å². The van der Waals surface area contributed by atoms with Gasteiger partial charge in [-0.25, -0.2) is 14.2 Å². The fraction of sp³-hybridized carbons (Fsp3) is 0.304. The first-order valence-corrected chi connectivity index (χ1v) is 10.6. The summed E-state index contributed by atoms with van der Waals surface area (Å²) in [5.74, 6) is -0.572. The molecule has 10 nitrogen and oxygen atoms in total. The van der Waals surface area contributed by atoms with Crippen LogP contribution < -0.4 is 10.5 Å². The number of carbonyl (C=O) groups is 1. The smallest absolute Gasteiger partial charge is 0.341 e. The molecule has 1 atom stereocenters. The lowest BCUT2D eigenvalue weighted by atomic mass is 10.1. The third-order valence-electron chi connectivity index (χ3n) is 5.62. The lowest BCUT2D eigenvalue weighted by molar-refractivity contribution is 0.0256. The van der Waals surface area contributed by atoms with Crippen LogP contribution in [0.2, 0.25) is 0 Å². The van der Waals surface area contributed by atoms with Crippen molar-refractivity contribution in [2.24, 2.45) is 15.8 Å². The van der Waals surface area contributed by atoms with Gasteiger partial charge >= 0.3 is 6.03 Å². The molecule has 2 aliphatic rings. The highest BCUT2D eigenvalue weighted by Crippen LogP contribution is 2.31. The molecule has 11 heteroatoms. The van der Waals surface area contributed by atoms with Gasteiger partial charge in [0.25, 0.3) is 0 Å². The summed E-state index contributed by atoms with van der Waals surface area (Å²) >= 11 is 0. The Morgan fingerprint density at radius 1 is 1.35 bits per heavy atom. The summed E-state index contributed by atoms with van der Waals surface area (Å²) in [6.07, 6.45) is 7.39. The molecular formula is C23H23FN8O2. The third kappa shape index (κ3) is 4.43. The second-order valence-electron chi connectivity index (χ2n) is 7.86. The van der Waals surface area contributed by atoms with Crippen LogP contribution in [-0.4, -0.2) is 64.1 Å². The number of nitrogens with two attached hydrogens (primary N) is 1. The maximum absolute atomic E-state index is 14.3. The topological polar surface area (TPSA) is 133 Å². The molecule has 0 spiro atoms. The standard InChI is InChI=1S/C23H23FN8O2/c1-14(7-25)22(27-2)19-6-21(18(24)11-29-19)34-17-12-31(13-17)23(33)32-20(3-4-30-32)16-5-15(8-26)9-28-10-16/h4-7,9-11,17,20H,3,12-13,25H2,1-2H3/t20-/m0/s1. The molecule has 2 aromatic heterocycles. The van der Waals surface area contributed by atoms with Crippen LogP contribution in [0.1, 0.15) is 36.2 Å². The number of allylic oxidation sites excluding steroid dienone is 1. The lowest BCUT2D eigenvalue weighted by Crippen LogP contribution is -2.58. The molecule has 2 N–H and O–H groups in total. The minimum Gasteiger partial charge on any atom is -0.483 e. The maximum Gasteiger partial charge on any atom is 0.341 e. The molecule has 0 aromatic carbocycles. The van der Waals surface area contributed by atoms with Gasteiger partial charge in [0.15, 0.2) is 11.6 Å². The predicted octanol–water partition coefficient (Wildman–Crippen LogP) is 2.38. The van der Waals surface area contributed by atoms with Crippen LogP contribution in [0.4, 0.5) is 9.18 Å². The van der Waals surface area contributed by atoms with Crippen molar-refractivity contribution in [3.63, 3.8) is 0 Å². The molecule has 2 aliphatic heterocycles. The fourth-order valence-corrected chi connectivity index (χ4v) is 3.78. The van der Waals surface area contributed by atoms with E-state index in [0.29, 0.717) is 29.0 Å². The molecule has 4 heterocycles. The van der Waals surface area contributed by atoms with E-state index in [1.54, 1.807) is 37.3 Å². The van der Waals surface area contributed by atoms with Crippen molar-refractivity contribution < 1.29 is 13.9 Å². The van der Waals surface area contributed by atoms with Gasteiger partial charge in [0.05, 0.1) is 42.3 Å². The number of rotatable bonds is 5. The molecule has 0 radical (unpaired) electrons. The molecule has 34 heavy (non-hydrogen) atoms. The summed E-state index contributed by atoms with van der Waals surface area (Å²) in [7, 11) is 1.60. The third-order valence-corrected chi connectivity index (χ3v) is 5.62. The number of aliphatic imine (C=N–C) groups is 1. The summed E-state index contributed by atoms with van der Waals surface area (Å²) in [4.78, 5) is 26.9. The minimum absolute atomic E-state index is 0.0320. The van der Waals surface area contributed by atoms with E-state index in [9.17, 15) is 9.18 Å². The van der Waals surface area contributed by atoms with Crippen LogP contribution in [-0.2, 0) is 0 Å². The van der Waals surface area contributed by atoms with Crippen molar-refractivity contribution in [3.05, 3.63) is 65.1 Å². The van der Waals surface area contributed by atoms with Crippen molar-refractivity contribution in [1.29, 1.82) is 5.26 Å². The van der Waals surface area contributed by atoms with Gasteiger partial charge in [-0.3, -0.25) is 15.0 Å². The number of urea groups is 1. The zero-order valence-corrected chi connectivity index (χ0v) is 18.7. The number of hydrogen-bond acceptors (Lipinski definition) is 8. The minimum atomic E-state index is -0.604. The number of nitriles is 1. The summed E-state index contributed by atoms with van der Waals surface area (Å²) in [5, 5.41) is 14.7. The molecular weight excluding hydrogens is 439 g/mol. The number of amides is 2. The average Bonchev–Trinajstić information content (AvgIpc) is 3.32. The Labute approximate surface area is 195 Å². The van der Waals surface area contributed by atoms with Crippen LogP contribution >= 0.6 is 0 Å². The Kier molecular flexibility index (Phi) is 6.49. The fourth-order valence-electron chi connectivity index (χ4n) is 3.78. The summed E-state index contributed by atoms with van der Waals surface area (Å²) in [6.45, 7) is 2.34. The molecule has 0 aliphatic carbocycles. The van der Waals surface area contributed by atoms with E-state index in [1.165, 1.54) is 23.5 Å². The van der Waals surface area contributed by atoms with Gasteiger partial charge in [0.1, 0.15) is 12.2 Å². The average molecular weight is 462 g/mol. The Morgan fingerprint density at radius 3 is 2.85 bits per heavy atom. The zero-order valence-electron chi connectivity index (χ0n) is 18.7. The zero-order chi connectivity index (χ0) is 24.2. The van der Waals surface area contributed by atoms with Crippen LogP contribution in [0.25, 0.3) is 0 Å². The number of pyridine rings is 2. The molecule has 1 fully saturated rings. The summed E-state index contributed by atoms with van der Waals surface area (Å²) in [5.41, 5.74) is 8.40. The van der Waals surface area contributed by atoms with Gasteiger partial charge in [-0.2, -0.15) is 10.4 Å². The van der Waals surface area contributed by atoms with E-state index in [4.69, 9.17) is 15.7 Å². The van der Waals surface area contributed by atoms with Gasteiger partial charge < -0.3 is 15.4 Å². The van der Waals surface area contributed by atoms with Crippen LogP contribution in [0.3, 0.4) is 0 Å². The number of hydrogen-bond donors (Lipinski definition) is 1. The summed E-state index contributed by atoms with van der Waals surface area (Å²) in [6, 6.07) is 4.61. The largest absolute Gasteiger partial charge is 0.483 e. The van der Waals surface area contributed by atoms with Crippen LogP contribution in [0.15, 0.2) is 52.6 Å². The molecule has 174 valence electrons. The second-order valence-corrected chi connectivity index (χ2v) is 7.86. The van der Waals surface area contributed by atoms with Crippen LogP contribution in [0, 0.1) is 17.1 Å². The normalized spacial score (nSPS) is 18.6.